The highest BCUT2D eigenvalue weighted by Gasteiger charge is 2.13. The van der Waals surface area contributed by atoms with E-state index in [9.17, 15) is 4.79 Å². The minimum Gasteiger partial charge on any atom is -0.352 e. The summed E-state index contributed by atoms with van der Waals surface area (Å²) < 4.78 is 0. The van der Waals surface area contributed by atoms with Gasteiger partial charge in [0.05, 0.1) is 18.7 Å². The molecule has 0 bridgehead atoms. The third-order valence-electron chi connectivity index (χ3n) is 4.15. The maximum atomic E-state index is 12.1. The van der Waals surface area contributed by atoms with Gasteiger partial charge in [-0.15, -0.1) is 11.3 Å². The number of piperidine rings is 1. The zero-order chi connectivity index (χ0) is 16.8. The molecule has 1 N–H and O–H groups in total. The highest BCUT2D eigenvalue weighted by atomic mass is 35.5. The number of hydrogen-bond donors (Lipinski definition) is 1. The van der Waals surface area contributed by atoms with Crippen molar-refractivity contribution in [2.75, 3.05) is 13.1 Å². The molecule has 0 saturated carbocycles. The fourth-order valence-corrected chi connectivity index (χ4v) is 3.80. The van der Waals surface area contributed by atoms with E-state index in [1.165, 1.54) is 19.3 Å². The monoisotopic (exact) mass is 363 g/mol. The quantitative estimate of drug-likeness (QED) is 0.852. The number of aromatic nitrogens is 1. The number of nitrogens with zero attached hydrogens (tertiary/aromatic N) is 2. The number of halogens is 1. The lowest BCUT2D eigenvalue weighted by atomic mass is 10.1. The summed E-state index contributed by atoms with van der Waals surface area (Å²) in [6.07, 6.45) is 4.24. The molecule has 0 spiro atoms. The van der Waals surface area contributed by atoms with Crippen LogP contribution in [0.3, 0.4) is 0 Å². The molecule has 0 aliphatic carbocycles. The number of likely N-dealkylation sites (tertiary alicyclic amines) is 1. The minimum atomic E-state index is -0.000211. The summed E-state index contributed by atoms with van der Waals surface area (Å²) in [7, 11) is 0. The second-order valence-corrected chi connectivity index (χ2v) is 7.53. The van der Waals surface area contributed by atoms with Gasteiger partial charge in [-0.05, 0) is 43.6 Å². The van der Waals surface area contributed by atoms with Crippen LogP contribution >= 0.6 is 22.9 Å². The zero-order valence-corrected chi connectivity index (χ0v) is 15.2. The number of carbonyl (C=O) groups excluding carboxylic acids is 1. The van der Waals surface area contributed by atoms with Gasteiger partial charge in [-0.3, -0.25) is 9.69 Å². The van der Waals surface area contributed by atoms with Gasteiger partial charge in [0.15, 0.2) is 0 Å². The van der Waals surface area contributed by atoms with Crippen molar-refractivity contribution in [2.45, 2.75) is 38.8 Å². The van der Waals surface area contributed by atoms with Crippen molar-refractivity contribution in [1.82, 2.24) is 15.2 Å². The van der Waals surface area contributed by atoms with Crippen molar-refractivity contribution in [2.24, 2.45) is 0 Å². The molecule has 6 heteroatoms. The summed E-state index contributed by atoms with van der Waals surface area (Å²) in [6.45, 7) is 3.75. The number of nitrogens with one attached hydrogen (secondary N) is 1. The molecule has 128 valence electrons. The van der Waals surface area contributed by atoms with Gasteiger partial charge in [0.25, 0.3) is 0 Å². The molecule has 3 rings (SSSR count). The minimum absolute atomic E-state index is 0.000211. The van der Waals surface area contributed by atoms with E-state index in [0.717, 1.165) is 35.9 Å². The predicted molar refractivity (Wildman–Crippen MR) is 98.2 cm³/mol. The summed E-state index contributed by atoms with van der Waals surface area (Å²) in [5.74, 6) is -0.000211. The van der Waals surface area contributed by atoms with E-state index >= 15 is 0 Å². The highest BCUT2D eigenvalue weighted by Crippen LogP contribution is 2.16. The Morgan fingerprint density at radius 1 is 1.21 bits per heavy atom. The topological polar surface area (TPSA) is 45.2 Å². The summed E-state index contributed by atoms with van der Waals surface area (Å²) in [6, 6.07) is 7.50. The fourth-order valence-electron chi connectivity index (χ4n) is 2.84. The van der Waals surface area contributed by atoms with Gasteiger partial charge in [0.2, 0.25) is 5.91 Å². The molecule has 1 aromatic carbocycles. The fraction of sp³-hybridized carbons (Fsp3) is 0.444. The van der Waals surface area contributed by atoms with E-state index in [-0.39, 0.29) is 5.91 Å². The Kier molecular flexibility index (Phi) is 6.24. The lowest BCUT2D eigenvalue weighted by molar-refractivity contribution is -0.120. The van der Waals surface area contributed by atoms with Gasteiger partial charge in [-0.2, -0.15) is 0 Å². The second kappa shape index (κ2) is 8.60. The maximum absolute atomic E-state index is 12.1. The number of amides is 1. The van der Waals surface area contributed by atoms with Gasteiger partial charge in [0.1, 0.15) is 5.01 Å². The van der Waals surface area contributed by atoms with Crippen LogP contribution in [0.5, 0.6) is 0 Å². The molecule has 1 saturated heterocycles. The van der Waals surface area contributed by atoms with Crippen LogP contribution in [0.4, 0.5) is 0 Å². The van der Waals surface area contributed by atoms with Crippen LogP contribution in [0.1, 0.15) is 35.5 Å². The maximum Gasteiger partial charge on any atom is 0.226 e. The standard InChI is InChI=1S/C18H22ClN3OS/c19-15-6-4-14(5-7-15)11-20-17(23)10-16-13-24-18(21-16)12-22-8-2-1-3-9-22/h4-7,13H,1-3,8-12H2,(H,20,23). The molecule has 1 aliphatic rings. The second-order valence-electron chi connectivity index (χ2n) is 6.15. The molecule has 1 aliphatic heterocycles. The first-order valence-corrected chi connectivity index (χ1v) is 9.61. The SMILES string of the molecule is O=C(Cc1csc(CN2CCCCC2)n1)NCc1ccc(Cl)cc1. The molecule has 2 aromatic rings. The van der Waals surface area contributed by atoms with Crippen LogP contribution in [0.25, 0.3) is 0 Å². The Bertz CT molecular complexity index is 665. The summed E-state index contributed by atoms with van der Waals surface area (Å²) in [4.78, 5) is 19.1. The normalized spacial score (nSPS) is 15.4. The van der Waals surface area contributed by atoms with E-state index in [0.29, 0.717) is 18.0 Å². The Labute approximate surface area is 151 Å². The molecule has 1 fully saturated rings. The summed E-state index contributed by atoms with van der Waals surface area (Å²) in [5.41, 5.74) is 1.90. The molecular formula is C18H22ClN3OS. The number of rotatable bonds is 6. The van der Waals surface area contributed by atoms with Gasteiger partial charge >= 0.3 is 0 Å². The van der Waals surface area contributed by atoms with Crippen molar-refractivity contribution in [3.63, 3.8) is 0 Å². The largest absolute Gasteiger partial charge is 0.352 e. The number of thiazole rings is 1. The third-order valence-corrected chi connectivity index (χ3v) is 5.29. The van der Waals surface area contributed by atoms with Gasteiger partial charge < -0.3 is 5.32 Å². The number of carbonyl (C=O) groups is 1. The smallest absolute Gasteiger partial charge is 0.226 e. The Morgan fingerprint density at radius 3 is 2.71 bits per heavy atom. The van der Waals surface area contributed by atoms with Crippen molar-refractivity contribution in [3.8, 4) is 0 Å². The molecule has 4 nitrogen and oxygen atoms in total. The van der Waals surface area contributed by atoms with Crippen LogP contribution in [-0.4, -0.2) is 28.9 Å². The molecular weight excluding hydrogens is 342 g/mol. The van der Waals surface area contributed by atoms with Crippen LogP contribution < -0.4 is 5.32 Å². The van der Waals surface area contributed by atoms with Crippen molar-refractivity contribution < 1.29 is 4.79 Å². The van der Waals surface area contributed by atoms with E-state index in [2.05, 4.69) is 15.2 Å². The summed E-state index contributed by atoms with van der Waals surface area (Å²) in [5, 5.41) is 6.74. The Hall–Kier alpha value is -1.43. The van der Waals surface area contributed by atoms with Crippen LogP contribution in [0, 0.1) is 0 Å². The molecule has 2 heterocycles. The Morgan fingerprint density at radius 2 is 1.96 bits per heavy atom. The third kappa shape index (κ3) is 5.30. The van der Waals surface area contributed by atoms with E-state index in [1.54, 1.807) is 11.3 Å². The van der Waals surface area contributed by atoms with Crippen LogP contribution in [0.2, 0.25) is 5.02 Å². The Balaban J connectivity index is 1.45. The molecule has 0 atom stereocenters. The lowest BCUT2D eigenvalue weighted by Gasteiger charge is -2.25. The van der Waals surface area contributed by atoms with E-state index in [1.807, 2.05) is 29.6 Å². The average Bonchev–Trinajstić information content (AvgIpc) is 3.02. The van der Waals surface area contributed by atoms with Crippen LogP contribution in [-0.2, 0) is 24.3 Å². The first kappa shape index (κ1) is 17.4. The summed E-state index contributed by atoms with van der Waals surface area (Å²) >= 11 is 7.51. The molecule has 1 aromatic heterocycles. The lowest BCUT2D eigenvalue weighted by Crippen LogP contribution is -2.29. The molecule has 0 radical (unpaired) electrons. The molecule has 0 unspecified atom stereocenters. The van der Waals surface area contributed by atoms with Crippen molar-refractivity contribution >= 4 is 28.8 Å². The number of benzene rings is 1. The average molecular weight is 364 g/mol. The first-order chi connectivity index (χ1) is 11.7. The van der Waals surface area contributed by atoms with Crippen LogP contribution in [0.15, 0.2) is 29.6 Å². The van der Waals surface area contributed by atoms with Crippen molar-refractivity contribution in [3.05, 3.63) is 50.9 Å². The predicted octanol–water partition coefficient (Wildman–Crippen LogP) is 3.64. The number of hydrogen-bond acceptors (Lipinski definition) is 4. The first-order valence-electron chi connectivity index (χ1n) is 8.36. The molecule has 24 heavy (non-hydrogen) atoms. The van der Waals surface area contributed by atoms with E-state index < -0.39 is 0 Å². The van der Waals surface area contributed by atoms with E-state index in [4.69, 9.17) is 11.6 Å². The molecule has 1 amide bonds. The van der Waals surface area contributed by atoms with Gasteiger partial charge in [0, 0.05) is 16.9 Å². The van der Waals surface area contributed by atoms with Gasteiger partial charge in [-0.1, -0.05) is 30.2 Å². The zero-order valence-electron chi connectivity index (χ0n) is 13.6. The van der Waals surface area contributed by atoms with Crippen molar-refractivity contribution in [1.29, 1.82) is 0 Å². The highest BCUT2D eigenvalue weighted by molar-refractivity contribution is 7.09. The van der Waals surface area contributed by atoms with Gasteiger partial charge in [-0.25, -0.2) is 4.98 Å².